The Morgan fingerprint density at radius 2 is 2.30 bits per heavy atom. The molecule has 0 radical (unpaired) electrons. The van der Waals surface area contributed by atoms with E-state index in [2.05, 4.69) is 5.32 Å². The first kappa shape index (κ1) is 6.10. The smallest absolute Gasteiger partial charge is 0.123 e. The molecule has 1 aliphatic heterocycles. The normalized spacial score (nSPS) is 24.7. The van der Waals surface area contributed by atoms with Crippen molar-refractivity contribution in [3.8, 4) is 0 Å². The van der Waals surface area contributed by atoms with Crippen molar-refractivity contribution in [2.75, 3.05) is 13.1 Å². The molecule has 0 aromatic carbocycles. The molecule has 0 unspecified atom stereocenters. The van der Waals surface area contributed by atoms with Crippen molar-refractivity contribution in [1.82, 2.24) is 5.32 Å². The Morgan fingerprint density at radius 1 is 1.40 bits per heavy atom. The van der Waals surface area contributed by atoms with E-state index in [0.717, 1.165) is 31.5 Å². The van der Waals surface area contributed by atoms with Crippen molar-refractivity contribution >= 4 is 0 Å². The fourth-order valence-electron chi connectivity index (χ4n) is 1.56. The van der Waals surface area contributed by atoms with E-state index >= 15 is 0 Å². The molecule has 0 fully saturated rings. The fourth-order valence-corrected chi connectivity index (χ4v) is 1.56. The van der Waals surface area contributed by atoms with Crippen LogP contribution in [0, 0.1) is 0 Å². The maximum atomic E-state index is 12.9. The average molecular weight is 139 g/mol. The molecule has 0 bridgehead atoms. The highest BCUT2D eigenvalue weighted by atomic mass is 19.1. The molecule has 54 valence electrons. The van der Waals surface area contributed by atoms with Crippen molar-refractivity contribution in [3.63, 3.8) is 0 Å². The van der Waals surface area contributed by atoms with E-state index in [0.29, 0.717) is 0 Å². The summed E-state index contributed by atoms with van der Waals surface area (Å²) in [5.74, 6) is 0.00579. The molecule has 0 saturated heterocycles. The maximum Gasteiger partial charge on any atom is 0.123 e. The summed E-state index contributed by atoms with van der Waals surface area (Å²) < 4.78 is 12.9. The molecule has 0 spiro atoms. The molecule has 2 aliphatic rings. The summed E-state index contributed by atoms with van der Waals surface area (Å²) in [5, 5.41) is 3.14. The topological polar surface area (TPSA) is 12.0 Å². The first-order valence-electron chi connectivity index (χ1n) is 3.65. The fraction of sp³-hybridized carbons (Fsp3) is 0.500. The van der Waals surface area contributed by atoms with Crippen LogP contribution in [0.4, 0.5) is 4.39 Å². The quantitative estimate of drug-likeness (QED) is 0.536. The van der Waals surface area contributed by atoms with E-state index in [1.54, 1.807) is 6.08 Å². The number of nitrogens with one attached hydrogen (secondary N) is 1. The second-order valence-corrected chi connectivity index (χ2v) is 2.78. The molecule has 0 aromatic heterocycles. The first-order chi connectivity index (χ1) is 4.88. The average Bonchev–Trinajstić information content (AvgIpc) is 2.36. The van der Waals surface area contributed by atoms with Crippen molar-refractivity contribution in [3.05, 3.63) is 23.0 Å². The molecule has 1 N–H and O–H groups in total. The molecule has 10 heavy (non-hydrogen) atoms. The van der Waals surface area contributed by atoms with Gasteiger partial charge in [0, 0.05) is 18.7 Å². The summed E-state index contributed by atoms with van der Waals surface area (Å²) in [7, 11) is 0. The van der Waals surface area contributed by atoms with Crippen molar-refractivity contribution in [1.29, 1.82) is 0 Å². The molecule has 0 amide bonds. The molecule has 0 atom stereocenters. The summed E-state index contributed by atoms with van der Waals surface area (Å²) in [6, 6.07) is 0. The van der Waals surface area contributed by atoms with Crippen molar-refractivity contribution in [2.24, 2.45) is 0 Å². The van der Waals surface area contributed by atoms with Crippen LogP contribution in [-0.2, 0) is 0 Å². The third kappa shape index (κ3) is 0.797. The van der Waals surface area contributed by atoms with Crippen molar-refractivity contribution in [2.45, 2.75) is 12.8 Å². The largest absolute Gasteiger partial charge is 0.309 e. The Bertz CT molecular complexity index is 215. The van der Waals surface area contributed by atoms with Gasteiger partial charge >= 0.3 is 0 Å². The molecule has 0 aromatic rings. The maximum absolute atomic E-state index is 12.9. The minimum atomic E-state index is 0.00579. The van der Waals surface area contributed by atoms with E-state index in [1.165, 1.54) is 5.57 Å². The van der Waals surface area contributed by atoms with Crippen LogP contribution in [0.1, 0.15) is 12.8 Å². The first-order valence-corrected chi connectivity index (χ1v) is 3.65. The van der Waals surface area contributed by atoms with E-state index in [1.807, 2.05) is 0 Å². The molecule has 1 heterocycles. The molecule has 2 rings (SSSR count). The van der Waals surface area contributed by atoms with Gasteiger partial charge in [-0.1, -0.05) is 0 Å². The minimum absolute atomic E-state index is 0.00579. The van der Waals surface area contributed by atoms with E-state index in [4.69, 9.17) is 0 Å². The predicted molar refractivity (Wildman–Crippen MR) is 38.3 cm³/mol. The number of hydrogen-bond donors (Lipinski definition) is 1. The van der Waals surface area contributed by atoms with E-state index < -0.39 is 0 Å². The van der Waals surface area contributed by atoms with Crippen LogP contribution in [0.25, 0.3) is 0 Å². The lowest BCUT2D eigenvalue weighted by Crippen LogP contribution is -2.08. The van der Waals surface area contributed by atoms with Gasteiger partial charge in [-0.15, -0.1) is 0 Å². The van der Waals surface area contributed by atoms with Crippen LogP contribution < -0.4 is 5.32 Å². The molecule has 2 heteroatoms. The van der Waals surface area contributed by atoms with E-state index in [-0.39, 0.29) is 5.83 Å². The highest BCUT2D eigenvalue weighted by molar-refractivity contribution is 5.39. The van der Waals surface area contributed by atoms with Gasteiger partial charge in [0.2, 0.25) is 0 Å². The second-order valence-electron chi connectivity index (χ2n) is 2.78. The van der Waals surface area contributed by atoms with Crippen LogP contribution in [0.2, 0.25) is 0 Å². The SMILES string of the molecule is FC1=CCCC2=C1CNC2. The van der Waals surface area contributed by atoms with Gasteiger partial charge in [-0.05, 0) is 24.5 Å². The highest BCUT2D eigenvalue weighted by Crippen LogP contribution is 2.27. The zero-order valence-corrected chi connectivity index (χ0v) is 5.78. The summed E-state index contributed by atoms with van der Waals surface area (Å²) in [5.41, 5.74) is 2.20. The molecular weight excluding hydrogens is 129 g/mol. The zero-order chi connectivity index (χ0) is 6.97. The second kappa shape index (κ2) is 2.20. The number of rotatable bonds is 0. The molecule has 1 nitrogen and oxygen atoms in total. The number of halogens is 1. The molecule has 1 aliphatic carbocycles. The Morgan fingerprint density at radius 3 is 3.10 bits per heavy atom. The number of hydrogen-bond acceptors (Lipinski definition) is 1. The van der Waals surface area contributed by atoms with Crippen LogP contribution in [0.3, 0.4) is 0 Å². The van der Waals surface area contributed by atoms with Gasteiger partial charge < -0.3 is 5.32 Å². The molecular formula is C8H10FN. The Labute approximate surface area is 59.6 Å². The summed E-state index contributed by atoms with van der Waals surface area (Å²) in [4.78, 5) is 0. The Hall–Kier alpha value is -0.630. The van der Waals surface area contributed by atoms with Gasteiger partial charge in [0.25, 0.3) is 0 Å². The third-order valence-corrected chi connectivity index (χ3v) is 2.12. The summed E-state index contributed by atoms with van der Waals surface area (Å²) in [6.45, 7) is 1.63. The number of allylic oxidation sites excluding steroid dienone is 1. The van der Waals surface area contributed by atoms with Crippen LogP contribution in [0.5, 0.6) is 0 Å². The van der Waals surface area contributed by atoms with Gasteiger partial charge in [0.15, 0.2) is 0 Å². The third-order valence-electron chi connectivity index (χ3n) is 2.12. The predicted octanol–water partition coefficient (Wildman–Crippen LogP) is 1.53. The van der Waals surface area contributed by atoms with Crippen LogP contribution >= 0.6 is 0 Å². The van der Waals surface area contributed by atoms with Gasteiger partial charge in [0.1, 0.15) is 5.83 Å². The van der Waals surface area contributed by atoms with Gasteiger partial charge in [-0.2, -0.15) is 0 Å². The Balaban J connectivity index is 2.33. The highest BCUT2D eigenvalue weighted by Gasteiger charge is 2.19. The summed E-state index contributed by atoms with van der Waals surface area (Å²) >= 11 is 0. The Kier molecular flexibility index (Phi) is 1.34. The van der Waals surface area contributed by atoms with Gasteiger partial charge in [-0.3, -0.25) is 0 Å². The monoisotopic (exact) mass is 139 g/mol. The van der Waals surface area contributed by atoms with Gasteiger partial charge in [-0.25, -0.2) is 4.39 Å². The van der Waals surface area contributed by atoms with Crippen LogP contribution in [0.15, 0.2) is 23.0 Å². The zero-order valence-electron chi connectivity index (χ0n) is 5.78. The minimum Gasteiger partial charge on any atom is -0.309 e. The lowest BCUT2D eigenvalue weighted by molar-refractivity contribution is 0.629. The molecule has 0 saturated carbocycles. The lowest BCUT2D eigenvalue weighted by Gasteiger charge is -2.08. The van der Waals surface area contributed by atoms with E-state index in [9.17, 15) is 4.39 Å². The summed E-state index contributed by atoms with van der Waals surface area (Å²) in [6.07, 6.45) is 3.62. The van der Waals surface area contributed by atoms with Crippen LogP contribution in [-0.4, -0.2) is 13.1 Å². The lowest BCUT2D eigenvalue weighted by atomic mass is 10.00. The standard InChI is InChI=1S/C8H10FN/c9-8-3-1-2-6-4-10-5-7(6)8/h3,10H,1-2,4-5H2. The van der Waals surface area contributed by atoms with Crippen molar-refractivity contribution < 1.29 is 4.39 Å². The van der Waals surface area contributed by atoms with Gasteiger partial charge in [0.05, 0.1) is 0 Å².